The molecule has 0 spiro atoms. The fourth-order valence-corrected chi connectivity index (χ4v) is 2.83. The largest absolute Gasteiger partial charge is 0.306 e. The number of halogens is 3. The molecular weight excluding hydrogens is 353 g/mol. The van der Waals surface area contributed by atoms with Crippen LogP contribution in [0.1, 0.15) is 36.1 Å². The second-order valence-corrected chi connectivity index (χ2v) is 6.38. The third-order valence-corrected chi connectivity index (χ3v) is 4.23. The molecule has 1 N–H and O–H groups in total. The zero-order valence-corrected chi connectivity index (χ0v) is 14.4. The fraction of sp³-hybridized carbons (Fsp3) is 0.294. The third kappa shape index (κ3) is 4.06. The summed E-state index contributed by atoms with van der Waals surface area (Å²) < 4.78 is 14.8. The average molecular weight is 371 g/mol. The van der Waals surface area contributed by atoms with Gasteiger partial charge in [0.15, 0.2) is 0 Å². The van der Waals surface area contributed by atoms with Crippen molar-refractivity contribution < 1.29 is 4.39 Å². The van der Waals surface area contributed by atoms with Crippen molar-refractivity contribution in [3.63, 3.8) is 0 Å². The predicted octanol–water partition coefficient (Wildman–Crippen LogP) is 5.64. The van der Waals surface area contributed by atoms with Gasteiger partial charge in [0.25, 0.3) is 0 Å². The molecule has 0 fully saturated rings. The second-order valence-electron chi connectivity index (χ2n) is 5.06. The van der Waals surface area contributed by atoms with Gasteiger partial charge in [-0.1, -0.05) is 46.6 Å². The number of hydrogen-bond donors (Lipinski definition) is 1. The molecule has 0 aliphatic carbocycles. The normalized spacial score (nSPS) is 12.4. The molecule has 0 amide bonds. The zero-order valence-electron chi connectivity index (χ0n) is 12.1. The molecule has 0 heterocycles. The van der Waals surface area contributed by atoms with E-state index < -0.39 is 0 Å². The number of hydrogen-bond acceptors (Lipinski definition) is 1. The van der Waals surface area contributed by atoms with E-state index in [4.69, 9.17) is 11.6 Å². The molecule has 2 aromatic carbocycles. The van der Waals surface area contributed by atoms with Crippen molar-refractivity contribution in [1.82, 2.24) is 5.32 Å². The third-order valence-electron chi connectivity index (χ3n) is 3.40. The first-order valence-electron chi connectivity index (χ1n) is 6.97. The van der Waals surface area contributed by atoms with Gasteiger partial charge in [-0.15, -0.1) is 0 Å². The molecule has 0 bridgehead atoms. The van der Waals surface area contributed by atoms with Crippen LogP contribution in [0.15, 0.2) is 40.9 Å². The van der Waals surface area contributed by atoms with E-state index in [1.54, 1.807) is 19.1 Å². The van der Waals surface area contributed by atoms with Crippen LogP contribution < -0.4 is 5.32 Å². The Hall–Kier alpha value is -0.900. The van der Waals surface area contributed by atoms with E-state index in [9.17, 15) is 4.39 Å². The van der Waals surface area contributed by atoms with Crippen LogP contribution in [0.2, 0.25) is 5.02 Å². The van der Waals surface area contributed by atoms with Crippen molar-refractivity contribution in [1.29, 1.82) is 0 Å². The molecule has 1 unspecified atom stereocenters. The van der Waals surface area contributed by atoms with Gasteiger partial charge in [0, 0.05) is 9.50 Å². The van der Waals surface area contributed by atoms with Gasteiger partial charge in [0.1, 0.15) is 5.82 Å². The van der Waals surface area contributed by atoms with Gasteiger partial charge < -0.3 is 5.32 Å². The molecule has 2 aromatic rings. The summed E-state index contributed by atoms with van der Waals surface area (Å²) in [7, 11) is 0. The van der Waals surface area contributed by atoms with Crippen LogP contribution in [0.25, 0.3) is 0 Å². The quantitative estimate of drug-likeness (QED) is 0.718. The SMILES string of the molecule is CCCNC(c1ccc(C)c(F)c1)c1cc(Br)ccc1Cl. The number of aryl methyl sites for hydroxylation is 1. The van der Waals surface area contributed by atoms with Gasteiger partial charge in [-0.05, 0) is 60.8 Å². The van der Waals surface area contributed by atoms with Gasteiger partial charge in [-0.3, -0.25) is 0 Å². The first kappa shape index (κ1) is 16.5. The van der Waals surface area contributed by atoms with Crippen molar-refractivity contribution in [2.24, 2.45) is 0 Å². The first-order valence-corrected chi connectivity index (χ1v) is 8.14. The first-order chi connectivity index (χ1) is 10.0. The van der Waals surface area contributed by atoms with Gasteiger partial charge in [0.05, 0.1) is 6.04 Å². The summed E-state index contributed by atoms with van der Waals surface area (Å²) in [5.41, 5.74) is 2.47. The standard InChI is InChI=1S/C17H18BrClFN/c1-3-8-21-17(12-5-4-11(2)16(20)9-12)14-10-13(18)6-7-15(14)19/h4-7,9-10,17,21H,3,8H2,1-2H3. The second kappa shape index (κ2) is 7.39. The van der Waals surface area contributed by atoms with Crippen LogP contribution in [-0.4, -0.2) is 6.54 Å². The van der Waals surface area contributed by atoms with Gasteiger partial charge >= 0.3 is 0 Å². The van der Waals surface area contributed by atoms with Crippen LogP contribution in [0.4, 0.5) is 4.39 Å². The lowest BCUT2D eigenvalue weighted by Gasteiger charge is -2.21. The Balaban J connectivity index is 2.46. The summed E-state index contributed by atoms with van der Waals surface area (Å²) >= 11 is 9.81. The van der Waals surface area contributed by atoms with E-state index in [2.05, 4.69) is 28.2 Å². The Kier molecular flexibility index (Phi) is 5.80. The lowest BCUT2D eigenvalue weighted by Crippen LogP contribution is -2.23. The minimum atomic E-state index is -0.193. The summed E-state index contributed by atoms with van der Waals surface area (Å²) in [6.07, 6.45) is 0.996. The average Bonchev–Trinajstić information content (AvgIpc) is 2.46. The summed E-state index contributed by atoms with van der Waals surface area (Å²) in [5, 5.41) is 4.12. The Labute approximate surface area is 138 Å². The van der Waals surface area contributed by atoms with Crippen LogP contribution in [0.5, 0.6) is 0 Å². The minimum absolute atomic E-state index is 0.120. The topological polar surface area (TPSA) is 12.0 Å². The van der Waals surface area contributed by atoms with Gasteiger partial charge in [-0.25, -0.2) is 4.39 Å². The lowest BCUT2D eigenvalue weighted by molar-refractivity contribution is 0.582. The number of nitrogens with one attached hydrogen (secondary N) is 1. The molecule has 21 heavy (non-hydrogen) atoms. The van der Waals surface area contributed by atoms with E-state index in [1.165, 1.54) is 0 Å². The molecular formula is C17H18BrClFN. The highest BCUT2D eigenvalue weighted by atomic mass is 79.9. The van der Waals surface area contributed by atoms with E-state index in [0.717, 1.165) is 28.6 Å². The Morgan fingerprint density at radius 2 is 2.00 bits per heavy atom. The van der Waals surface area contributed by atoms with E-state index in [1.807, 2.05) is 24.3 Å². The Morgan fingerprint density at radius 3 is 2.67 bits per heavy atom. The smallest absolute Gasteiger partial charge is 0.126 e. The van der Waals surface area contributed by atoms with Crippen molar-refractivity contribution in [3.05, 3.63) is 68.4 Å². The molecule has 0 saturated heterocycles. The van der Waals surface area contributed by atoms with E-state index >= 15 is 0 Å². The van der Waals surface area contributed by atoms with Crippen LogP contribution in [0, 0.1) is 12.7 Å². The summed E-state index contributed by atoms with van der Waals surface area (Å²) in [6.45, 7) is 4.70. The van der Waals surface area contributed by atoms with Crippen molar-refractivity contribution in [2.75, 3.05) is 6.54 Å². The maximum Gasteiger partial charge on any atom is 0.126 e. The molecule has 112 valence electrons. The van der Waals surface area contributed by atoms with E-state index in [-0.39, 0.29) is 11.9 Å². The molecule has 1 nitrogen and oxygen atoms in total. The van der Waals surface area contributed by atoms with Gasteiger partial charge in [0.2, 0.25) is 0 Å². The Morgan fingerprint density at radius 1 is 1.24 bits per heavy atom. The van der Waals surface area contributed by atoms with E-state index in [0.29, 0.717) is 10.6 Å². The zero-order chi connectivity index (χ0) is 15.4. The predicted molar refractivity (Wildman–Crippen MR) is 90.4 cm³/mol. The minimum Gasteiger partial charge on any atom is -0.306 e. The number of rotatable bonds is 5. The summed E-state index contributed by atoms with van der Waals surface area (Å²) in [5.74, 6) is -0.193. The maximum atomic E-state index is 13.9. The molecule has 4 heteroatoms. The maximum absolute atomic E-state index is 13.9. The molecule has 2 rings (SSSR count). The fourth-order valence-electron chi connectivity index (χ4n) is 2.22. The molecule has 0 saturated carbocycles. The monoisotopic (exact) mass is 369 g/mol. The molecule has 0 radical (unpaired) electrons. The van der Waals surface area contributed by atoms with Crippen LogP contribution >= 0.6 is 27.5 Å². The van der Waals surface area contributed by atoms with Crippen molar-refractivity contribution >= 4 is 27.5 Å². The Bertz CT molecular complexity index is 630. The van der Waals surface area contributed by atoms with Crippen molar-refractivity contribution in [2.45, 2.75) is 26.3 Å². The van der Waals surface area contributed by atoms with Gasteiger partial charge in [-0.2, -0.15) is 0 Å². The van der Waals surface area contributed by atoms with Crippen LogP contribution in [0.3, 0.4) is 0 Å². The molecule has 0 aliphatic heterocycles. The van der Waals surface area contributed by atoms with Crippen molar-refractivity contribution in [3.8, 4) is 0 Å². The highest BCUT2D eigenvalue weighted by Crippen LogP contribution is 2.31. The molecule has 0 aromatic heterocycles. The molecule has 0 aliphatic rings. The highest BCUT2D eigenvalue weighted by molar-refractivity contribution is 9.10. The lowest BCUT2D eigenvalue weighted by atomic mass is 9.97. The highest BCUT2D eigenvalue weighted by Gasteiger charge is 2.17. The summed E-state index contributed by atoms with van der Waals surface area (Å²) in [6, 6.07) is 10.9. The van der Waals surface area contributed by atoms with Crippen LogP contribution in [-0.2, 0) is 0 Å². The summed E-state index contributed by atoms with van der Waals surface area (Å²) in [4.78, 5) is 0. The number of benzene rings is 2. The molecule has 1 atom stereocenters.